The van der Waals surface area contributed by atoms with Crippen LogP contribution in [0.15, 0.2) is 48.5 Å². The maximum absolute atomic E-state index is 11.9. The van der Waals surface area contributed by atoms with Gasteiger partial charge < -0.3 is 0 Å². The molecule has 0 bridgehead atoms. The molecule has 1 aromatic carbocycles. The van der Waals surface area contributed by atoms with Gasteiger partial charge in [0.25, 0.3) is 0 Å². The summed E-state index contributed by atoms with van der Waals surface area (Å²) in [5, 5.41) is 0. The van der Waals surface area contributed by atoms with Crippen molar-refractivity contribution >= 4 is 15.7 Å². The van der Waals surface area contributed by atoms with E-state index in [-0.39, 0.29) is 5.75 Å². The summed E-state index contributed by atoms with van der Waals surface area (Å²) < 4.78 is 26.4. The van der Waals surface area contributed by atoms with Crippen LogP contribution in [0.4, 0.5) is 5.69 Å². The largest absolute Gasteiger partial charge is 0.283 e. The first-order chi connectivity index (χ1) is 8.14. The van der Waals surface area contributed by atoms with Gasteiger partial charge in [0.1, 0.15) is 0 Å². The molecule has 0 aliphatic heterocycles. The lowest BCUT2D eigenvalue weighted by Crippen LogP contribution is -2.14. The molecule has 3 rings (SSSR count). The Morgan fingerprint density at radius 3 is 2.35 bits per heavy atom. The Hall–Kier alpha value is -1.81. The summed E-state index contributed by atoms with van der Waals surface area (Å²) >= 11 is 0. The average molecular weight is 245 g/mol. The van der Waals surface area contributed by atoms with Crippen LogP contribution < -0.4 is 4.72 Å². The number of anilines is 1. The molecular formula is C13H11NO2S. The number of hydrogen-bond acceptors (Lipinski definition) is 2. The third kappa shape index (κ3) is 2.17. The van der Waals surface area contributed by atoms with Gasteiger partial charge in [-0.3, -0.25) is 4.72 Å². The molecule has 0 amide bonds. The summed E-state index contributed by atoms with van der Waals surface area (Å²) in [4.78, 5) is 0. The van der Waals surface area contributed by atoms with Crippen molar-refractivity contribution in [3.63, 3.8) is 0 Å². The fourth-order valence-corrected chi connectivity index (χ4v) is 3.06. The van der Waals surface area contributed by atoms with E-state index < -0.39 is 10.0 Å². The second-order valence-electron chi connectivity index (χ2n) is 4.11. The maximum atomic E-state index is 11.9. The van der Waals surface area contributed by atoms with E-state index in [9.17, 15) is 8.42 Å². The second kappa shape index (κ2) is 3.60. The summed E-state index contributed by atoms with van der Waals surface area (Å²) in [7, 11) is -3.32. The monoisotopic (exact) mass is 245 g/mol. The van der Waals surface area contributed by atoms with Gasteiger partial charge >= 0.3 is 0 Å². The molecule has 0 saturated heterocycles. The van der Waals surface area contributed by atoms with Crippen molar-refractivity contribution in [3.8, 4) is 11.1 Å². The van der Waals surface area contributed by atoms with Crippen LogP contribution >= 0.6 is 0 Å². The first-order valence-corrected chi connectivity index (χ1v) is 6.98. The predicted molar refractivity (Wildman–Crippen MR) is 68.1 cm³/mol. The zero-order chi connectivity index (χ0) is 11.9. The first-order valence-electron chi connectivity index (χ1n) is 5.33. The van der Waals surface area contributed by atoms with E-state index in [1.54, 1.807) is 6.07 Å². The molecule has 0 atom stereocenters. The fraction of sp³-hybridized carbons (Fsp3) is 0.0769. The highest BCUT2D eigenvalue weighted by Crippen LogP contribution is 2.42. The number of rotatable bonds is 4. The number of fused-ring (bicyclic) bond motifs is 1. The van der Waals surface area contributed by atoms with E-state index in [1.807, 2.05) is 42.5 Å². The predicted octanol–water partition coefficient (Wildman–Crippen LogP) is 2.61. The molecule has 0 unspecified atom stereocenters. The van der Waals surface area contributed by atoms with E-state index in [0.29, 0.717) is 5.69 Å². The zero-order valence-corrected chi connectivity index (χ0v) is 9.87. The number of benzene rings is 2. The topological polar surface area (TPSA) is 46.2 Å². The van der Waals surface area contributed by atoms with Crippen LogP contribution in [-0.2, 0) is 15.8 Å². The van der Waals surface area contributed by atoms with Gasteiger partial charge in [0.15, 0.2) is 0 Å². The average Bonchev–Trinajstić information content (AvgIpc) is 2.97. The highest BCUT2D eigenvalue weighted by molar-refractivity contribution is 7.91. The molecule has 86 valence electrons. The van der Waals surface area contributed by atoms with Crippen molar-refractivity contribution in [2.45, 2.75) is 5.75 Å². The van der Waals surface area contributed by atoms with Gasteiger partial charge in [0, 0.05) is 5.56 Å². The normalized spacial score (nSPS) is 12.2. The van der Waals surface area contributed by atoms with Crippen molar-refractivity contribution < 1.29 is 8.42 Å². The summed E-state index contributed by atoms with van der Waals surface area (Å²) in [6.07, 6.45) is 0. The van der Waals surface area contributed by atoms with Gasteiger partial charge in [-0.1, -0.05) is 36.4 Å². The lowest BCUT2D eigenvalue weighted by molar-refractivity contribution is 0.600. The van der Waals surface area contributed by atoms with Crippen LogP contribution in [0, 0.1) is 0 Å². The molecule has 3 nitrogen and oxygen atoms in total. The molecule has 0 fully saturated rings. The van der Waals surface area contributed by atoms with Crippen molar-refractivity contribution in [1.29, 1.82) is 0 Å². The minimum atomic E-state index is -3.32. The molecule has 2 aliphatic carbocycles. The highest BCUT2D eigenvalue weighted by atomic mass is 32.2. The molecule has 2 aliphatic rings. The molecule has 0 radical (unpaired) electrons. The molecule has 17 heavy (non-hydrogen) atoms. The van der Waals surface area contributed by atoms with Crippen molar-refractivity contribution in [2.24, 2.45) is 0 Å². The Bertz CT molecular complexity index is 663. The third-order valence-electron chi connectivity index (χ3n) is 2.71. The van der Waals surface area contributed by atoms with E-state index in [1.165, 1.54) is 0 Å². The lowest BCUT2D eigenvalue weighted by atomic mass is 10.2. The summed E-state index contributed by atoms with van der Waals surface area (Å²) in [5.74, 6) is 0.00773. The van der Waals surface area contributed by atoms with Crippen LogP contribution in [0.3, 0.4) is 0 Å². The summed E-state index contributed by atoms with van der Waals surface area (Å²) in [6, 6.07) is 14.8. The van der Waals surface area contributed by atoms with Crippen LogP contribution in [0.25, 0.3) is 11.1 Å². The molecular weight excluding hydrogens is 234 g/mol. The molecule has 0 heterocycles. The SMILES string of the molecule is O=S(=O)(Cc1ccccc1)Nc1ccc2cc1-2. The van der Waals surface area contributed by atoms with Gasteiger partial charge in [-0.25, -0.2) is 8.42 Å². The van der Waals surface area contributed by atoms with E-state index in [0.717, 1.165) is 16.7 Å². The smallest absolute Gasteiger partial charge is 0.236 e. The zero-order valence-electron chi connectivity index (χ0n) is 9.05. The number of hydrogen-bond donors (Lipinski definition) is 1. The van der Waals surface area contributed by atoms with Crippen LogP contribution in [0.5, 0.6) is 0 Å². The number of nitrogens with one attached hydrogen (secondary N) is 1. The van der Waals surface area contributed by atoms with E-state index in [4.69, 9.17) is 0 Å². The molecule has 1 N–H and O–H groups in total. The fourth-order valence-electron chi connectivity index (χ4n) is 1.84. The van der Waals surface area contributed by atoms with E-state index in [2.05, 4.69) is 4.72 Å². The van der Waals surface area contributed by atoms with Crippen molar-refractivity contribution in [2.75, 3.05) is 4.72 Å². The van der Waals surface area contributed by atoms with Crippen molar-refractivity contribution in [3.05, 3.63) is 54.1 Å². The van der Waals surface area contributed by atoms with Gasteiger partial charge in [-0.2, -0.15) is 0 Å². The third-order valence-corrected chi connectivity index (χ3v) is 3.96. The standard InChI is InChI=1S/C13H11NO2S/c15-17(16,9-10-4-2-1-3-5-10)14-13-7-6-11-8-12(11)13/h1-8,14H,9H2. The second-order valence-corrected chi connectivity index (χ2v) is 5.83. The maximum Gasteiger partial charge on any atom is 0.236 e. The van der Waals surface area contributed by atoms with Gasteiger partial charge in [-0.15, -0.1) is 0 Å². The Morgan fingerprint density at radius 1 is 1.00 bits per heavy atom. The Labute approximate surface area is 100 Å². The minimum Gasteiger partial charge on any atom is -0.283 e. The van der Waals surface area contributed by atoms with E-state index >= 15 is 0 Å². The minimum absolute atomic E-state index is 0.00773. The first kappa shape index (κ1) is 10.4. The quantitative estimate of drug-likeness (QED) is 0.768. The van der Waals surface area contributed by atoms with Gasteiger partial charge in [-0.05, 0) is 23.3 Å². The summed E-state index contributed by atoms with van der Waals surface area (Å²) in [5.41, 5.74) is 3.62. The lowest BCUT2D eigenvalue weighted by Gasteiger charge is -2.06. The molecule has 0 aromatic heterocycles. The highest BCUT2D eigenvalue weighted by Gasteiger charge is 2.21. The molecule has 0 spiro atoms. The Kier molecular flexibility index (Phi) is 2.19. The van der Waals surface area contributed by atoms with Crippen LogP contribution in [-0.4, -0.2) is 8.42 Å². The molecule has 4 heteroatoms. The van der Waals surface area contributed by atoms with Gasteiger partial charge in [0.2, 0.25) is 10.0 Å². The molecule has 0 saturated carbocycles. The Morgan fingerprint density at radius 2 is 1.76 bits per heavy atom. The van der Waals surface area contributed by atoms with Crippen molar-refractivity contribution in [1.82, 2.24) is 0 Å². The molecule has 1 aromatic rings. The summed E-state index contributed by atoms with van der Waals surface area (Å²) in [6.45, 7) is 0. The van der Waals surface area contributed by atoms with Crippen LogP contribution in [0.2, 0.25) is 0 Å². The van der Waals surface area contributed by atoms with Crippen LogP contribution in [0.1, 0.15) is 5.56 Å². The Balaban J connectivity index is 1.76. The van der Waals surface area contributed by atoms with Gasteiger partial charge in [0.05, 0.1) is 11.4 Å². The number of sulfonamides is 1.